The van der Waals surface area contributed by atoms with Gasteiger partial charge in [0.1, 0.15) is 0 Å². The van der Waals surface area contributed by atoms with Crippen molar-refractivity contribution in [1.82, 2.24) is 5.32 Å². The molecule has 0 aliphatic heterocycles. The zero-order chi connectivity index (χ0) is 12.5. The Kier molecular flexibility index (Phi) is 3.72. The van der Waals surface area contributed by atoms with E-state index in [2.05, 4.69) is 19.2 Å². The van der Waals surface area contributed by atoms with Crippen LogP contribution in [0.5, 0.6) is 0 Å². The monoisotopic (exact) mass is 257 g/mol. The zero-order valence-electron chi connectivity index (χ0n) is 11.0. The molecule has 0 radical (unpaired) electrons. The first-order valence-corrected chi connectivity index (χ1v) is 7.36. The van der Waals surface area contributed by atoms with E-state index in [1.165, 1.54) is 25.7 Å². The number of nitrogens with one attached hydrogen (secondary N) is 1. The van der Waals surface area contributed by atoms with Gasteiger partial charge in [-0.15, -0.1) is 11.6 Å². The van der Waals surface area contributed by atoms with Crippen molar-refractivity contribution in [3.63, 3.8) is 0 Å². The summed E-state index contributed by atoms with van der Waals surface area (Å²) in [5.41, 5.74) is 0.535. The Morgan fingerprint density at radius 2 is 2.06 bits per heavy atom. The second-order valence-electron chi connectivity index (χ2n) is 6.59. The lowest BCUT2D eigenvalue weighted by molar-refractivity contribution is -0.127. The van der Waals surface area contributed by atoms with Crippen LogP contribution in [-0.4, -0.2) is 18.3 Å². The van der Waals surface area contributed by atoms with Crippen LogP contribution in [0.2, 0.25) is 0 Å². The summed E-state index contributed by atoms with van der Waals surface area (Å²) in [5.74, 6) is 1.20. The summed E-state index contributed by atoms with van der Waals surface area (Å²) >= 11 is 5.80. The summed E-state index contributed by atoms with van der Waals surface area (Å²) < 4.78 is 0. The molecule has 2 rings (SSSR count). The van der Waals surface area contributed by atoms with Crippen LogP contribution in [0.1, 0.15) is 52.4 Å². The lowest BCUT2D eigenvalue weighted by Crippen LogP contribution is -2.39. The molecule has 2 saturated carbocycles. The molecule has 1 unspecified atom stereocenters. The lowest BCUT2D eigenvalue weighted by Gasteiger charge is -2.26. The van der Waals surface area contributed by atoms with Gasteiger partial charge in [-0.1, -0.05) is 20.3 Å². The molecule has 2 aliphatic carbocycles. The molecule has 98 valence electrons. The minimum absolute atomic E-state index is 0.188. The number of carbonyl (C=O) groups excluding carboxylic acids is 1. The van der Waals surface area contributed by atoms with Crippen LogP contribution < -0.4 is 5.32 Å². The Labute approximate surface area is 109 Å². The molecule has 0 aromatic rings. The molecule has 0 aromatic heterocycles. The number of carbonyl (C=O) groups is 1. The van der Waals surface area contributed by atoms with Crippen LogP contribution in [0, 0.1) is 16.7 Å². The van der Waals surface area contributed by atoms with Crippen LogP contribution in [0.4, 0.5) is 0 Å². The van der Waals surface area contributed by atoms with Gasteiger partial charge >= 0.3 is 0 Å². The largest absolute Gasteiger partial charge is 0.355 e. The van der Waals surface area contributed by atoms with Crippen molar-refractivity contribution >= 4 is 17.5 Å². The fourth-order valence-corrected chi connectivity index (χ4v) is 3.50. The van der Waals surface area contributed by atoms with Gasteiger partial charge in [0.15, 0.2) is 0 Å². The molecule has 0 bridgehead atoms. The maximum atomic E-state index is 12.2. The van der Waals surface area contributed by atoms with Crippen molar-refractivity contribution in [2.45, 2.75) is 52.4 Å². The van der Waals surface area contributed by atoms with E-state index in [0.717, 1.165) is 19.4 Å². The van der Waals surface area contributed by atoms with Crippen molar-refractivity contribution < 1.29 is 4.79 Å². The second-order valence-corrected chi connectivity index (χ2v) is 6.97. The maximum Gasteiger partial charge on any atom is 0.223 e. The van der Waals surface area contributed by atoms with Crippen molar-refractivity contribution in [1.29, 1.82) is 0 Å². The van der Waals surface area contributed by atoms with Gasteiger partial charge in [-0.3, -0.25) is 4.79 Å². The Bertz CT molecular complexity index is 297. The van der Waals surface area contributed by atoms with E-state index >= 15 is 0 Å². The summed E-state index contributed by atoms with van der Waals surface area (Å²) in [7, 11) is 0. The smallest absolute Gasteiger partial charge is 0.223 e. The molecular formula is C14H24ClNO. The molecule has 17 heavy (non-hydrogen) atoms. The van der Waals surface area contributed by atoms with Gasteiger partial charge in [-0.25, -0.2) is 0 Å². The van der Waals surface area contributed by atoms with E-state index in [1.807, 2.05) is 0 Å². The topological polar surface area (TPSA) is 29.1 Å². The first-order valence-electron chi connectivity index (χ1n) is 6.83. The number of halogens is 1. The summed E-state index contributed by atoms with van der Waals surface area (Å²) in [6.45, 7) is 5.27. The number of hydrogen-bond donors (Lipinski definition) is 1. The van der Waals surface area contributed by atoms with Gasteiger partial charge < -0.3 is 5.32 Å². The van der Waals surface area contributed by atoms with Crippen molar-refractivity contribution in [2.75, 3.05) is 12.4 Å². The predicted octanol–water partition coefficient (Wildman–Crippen LogP) is 3.34. The third-order valence-electron chi connectivity index (χ3n) is 4.79. The van der Waals surface area contributed by atoms with Crippen molar-refractivity contribution in [2.24, 2.45) is 16.7 Å². The first-order chi connectivity index (χ1) is 7.99. The molecule has 0 saturated heterocycles. The Balaban J connectivity index is 1.82. The summed E-state index contributed by atoms with van der Waals surface area (Å²) in [5, 5.41) is 3.17. The number of alkyl halides is 1. The number of hydrogen-bond acceptors (Lipinski definition) is 1. The van der Waals surface area contributed by atoms with Gasteiger partial charge in [0.25, 0.3) is 0 Å². The molecule has 2 aliphatic rings. The lowest BCUT2D eigenvalue weighted by atomic mass is 9.81. The van der Waals surface area contributed by atoms with Gasteiger partial charge in [-0.05, 0) is 42.9 Å². The minimum Gasteiger partial charge on any atom is -0.355 e. The molecule has 0 spiro atoms. The van der Waals surface area contributed by atoms with E-state index < -0.39 is 0 Å². The van der Waals surface area contributed by atoms with Crippen LogP contribution in [0.25, 0.3) is 0 Å². The highest BCUT2D eigenvalue weighted by Crippen LogP contribution is 2.48. The average Bonchev–Trinajstić information content (AvgIpc) is 2.93. The van der Waals surface area contributed by atoms with Gasteiger partial charge in [0.05, 0.1) is 0 Å². The summed E-state index contributed by atoms with van der Waals surface area (Å²) in [6.07, 6.45) is 6.93. The average molecular weight is 258 g/mol. The highest BCUT2D eigenvalue weighted by molar-refractivity contribution is 6.17. The molecule has 3 heteroatoms. The summed E-state index contributed by atoms with van der Waals surface area (Å²) in [4.78, 5) is 12.2. The standard InChI is InChI=1S/C14H24ClNO/c1-13(2)5-3-4-11(13)12(17)16-10-14(6-7-14)8-9-15/h11H,3-10H2,1-2H3,(H,16,17). The molecule has 2 fully saturated rings. The van der Waals surface area contributed by atoms with E-state index in [9.17, 15) is 4.79 Å². The van der Waals surface area contributed by atoms with Crippen LogP contribution in [0.15, 0.2) is 0 Å². The van der Waals surface area contributed by atoms with Crippen LogP contribution in [-0.2, 0) is 4.79 Å². The molecule has 0 aromatic carbocycles. The van der Waals surface area contributed by atoms with Gasteiger partial charge in [0.2, 0.25) is 5.91 Å². The van der Waals surface area contributed by atoms with Crippen molar-refractivity contribution in [3.8, 4) is 0 Å². The molecule has 2 nitrogen and oxygen atoms in total. The Morgan fingerprint density at radius 3 is 2.53 bits per heavy atom. The van der Waals surface area contributed by atoms with Gasteiger partial charge in [-0.2, -0.15) is 0 Å². The van der Waals surface area contributed by atoms with Gasteiger partial charge in [0, 0.05) is 18.3 Å². The molecule has 1 N–H and O–H groups in total. The maximum absolute atomic E-state index is 12.2. The second kappa shape index (κ2) is 4.79. The van der Waals surface area contributed by atoms with E-state index in [0.29, 0.717) is 11.3 Å². The van der Waals surface area contributed by atoms with E-state index in [-0.39, 0.29) is 17.2 Å². The quantitative estimate of drug-likeness (QED) is 0.752. The number of amides is 1. The minimum atomic E-state index is 0.188. The highest BCUT2D eigenvalue weighted by atomic mass is 35.5. The molecule has 1 amide bonds. The van der Waals surface area contributed by atoms with E-state index in [4.69, 9.17) is 11.6 Å². The normalized spacial score (nSPS) is 29.0. The number of rotatable bonds is 5. The highest BCUT2D eigenvalue weighted by Gasteiger charge is 2.44. The van der Waals surface area contributed by atoms with E-state index in [1.54, 1.807) is 0 Å². The Hall–Kier alpha value is -0.240. The molecule has 1 atom stereocenters. The zero-order valence-corrected chi connectivity index (χ0v) is 11.8. The van der Waals surface area contributed by atoms with Crippen LogP contribution >= 0.6 is 11.6 Å². The van der Waals surface area contributed by atoms with Crippen molar-refractivity contribution in [3.05, 3.63) is 0 Å². The fraction of sp³-hybridized carbons (Fsp3) is 0.929. The SMILES string of the molecule is CC1(C)CCCC1C(=O)NCC1(CCCl)CC1. The third-order valence-corrected chi connectivity index (χ3v) is 4.98. The Morgan fingerprint density at radius 1 is 1.35 bits per heavy atom. The molecular weight excluding hydrogens is 234 g/mol. The predicted molar refractivity (Wildman–Crippen MR) is 71.1 cm³/mol. The first kappa shape index (κ1) is 13.2. The fourth-order valence-electron chi connectivity index (χ4n) is 3.10. The third kappa shape index (κ3) is 2.96. The summed E-state index contributed by atoms with van der Waals surface area (Å²) in [6, 6.07) is 0. The van der Waals surface area contributed by atoms with Crippen LogP contribution in [0.3, 0.4) is 0 Å². The molecule has 0 heterocycles.